The maximum Gasteiger partial charge on any atom is 0.392 e. The zero-order valence-corrected chi connectivity index (χ0v) is 13.3. The third-order valence-electron chi connectivity index (χ3n) is 4.04. The Balaban J connectivity index is 1.99. The molecule has 0 amide bonds. The molecule has 2 unspecified atom stereocenters. The highest BCUT2D eigenvalue weighted by Crippen LogP contribution is 2.38. The number of aliphatic carboxylic acids is 1. The normalized spacial score (nSPS) is 20.3. The van der Waals surface area contributed by atoms with Gasteiger partial charge >= 0.3 is 17.8 Å². The summed E-state index contributed by atoms with van der Waals surface area (Å²) in [5, 5.41) is 13.5. The van der Waals surface area contributed by atoms with Crippen molar-refractivity contribution in [3.63, 3.8) is 0 Å². The number of rotatable bonds is 3. The van der Waals surface area contributed by atoms with Gasteiger partial charge in [-0.15, -0.1) is 0 Å². The van der Waals surface area contributed by atoms with Crippen LogP contribution in [0, 0.1) is 5.92 Å². The number of fused-ring (bicyclic) bond motifs is 1. The van der Waals surface area contributed by atoms with Crippen LogP contribution in [0.1, 0.15) is 24.0 Å². The molecule has 11 heteroatoms. The monoisotopic (exact) mass is 376 g/mol. The zero-order valence-electron chi connectivity index (χ0n) is 12.6. The van der Waals surface area contributed by atoms with Gasteiger partial charge in [0.2, 0.25) is 0 Å². The SMILES string of the molecule is O=C(O)C1CC(C(F)(F)F)Cc2nn(Cc3ccc(Cl)cn3)c(=O)n21. The topological polar surface area (TPSA) is 90.0 Å². The van der Waals surface area contributed by atoms with Crippen LogP contribution in [0.2, 0.25) is 5.02 Å². The molecular weight excluding hydrogens is 365 g/mol. The van der Waals surface area contributed by atoms with Crippen molar-refractivity contribution in [3.8, 4) is 0 Å². The van der Waals surface area contributed by atoms with Crippen molar-refractivity contribution < 1.29 is 23.1 Å². The first-order valence-electron chi connectivity index (χ1n) is 7.25. The molecule has 134 valence electrons. The Labute approximate surface area is 143 Å². The molecule has 1 N–H and O–H groups in total. The summed E-state index contributed by atoms with van der Waals surface area (Å²) in [7, 11) is 0. The molecule has 0 bridgehead atoms. The summed E-state index contributed by atoms with van der Waals surface area (Å²) in [6.07, 6.45) is -4.44. The van der Waals surface area contributed by atoms with Gasteiger partial charge in [-0.1, -0.05) is 11.6 Å². The summed E-state index contributed by atoms with van der Waals surface area (Å²) in [6, 6.07) is 1.49. The number of alkyl halides is 3. The molecule has 2 atom stereocenters. The first kappa shape index (κ1) is 17.5. The number of halogens is 4. The van der Waals surface area contributed by atoms with Crippen molar-refractivity contribution in [1.29, 1.82) is 0 Å². The highest BCUT2D eigenvalue weighted by molar-refractivity contribution is 6.30. The zero-order chi connectivity index (χ0) is 18.4. The van der Waals surface area contributed by atoms with E-state index in [-0.39, 0.29) is 12.4 Å². The Kier molecular flexibility index (Phi) is 4.31. The lowest BCUT2D eigenvalue weighted by Gasteiger charge is -2.28. The Morgan fingerprint density at radius 3 is 2.68 bits per heavy atom. The van der Waals surface area contributed by atoms with E-state index in [9.17, 15) is 27.9 Å². The minimum Gasteiger partial charge on any atom is -0.480 e. The van der Waals surface area contributed by atoms with Crippen LogP contribution in [-0.4, -0.2) is 36.6 Å². The maximum atomic E-state index is 13.0. The summed E-state index contributed by atoms with van der Waals surface area (Å²) in [4.78, 5) is 27.8. The molecule has 3 heterocycles. The third kappa shape index (κ3) is 3.39. The van der Waals surface area contributed by atoms with Crippen LogP contribution in [0.5, 0.6) is 0 Å². The predicted molar refractivity (Wildman–Crippen MR) is 79.4 cm³/mol. The van der Waals surface area contributed by atoms with Crippen molar-refractivity contribution in [2.75, 3.05) is 0 Å². The minimum absolute atomic E-state index is 0.0982. The lowest BCUT2D eigenvalue weighted by molar-refractivity contribution is -0.183. The second-order valence-corrected chi connectivity index (χ2v) is 6.16. The van der Waals surface area contributed by atoms with Crippen LogP contribution in [0.4, 0.5) is 13.2 Å². The molecule has 7 nitrogen and oxygen atoms in total. The molecule has 3 rings (SSSR count). The molecule has 0 spiro atoms. The molecule has 2 aromatic heterocycles. The fourth-order valence-corrected chi connectivity index (χ4v) is 2.92. The summed E-state index contributed by atoms with van der Waals surface area (Å²) < 4.78 is 40.8. The summed E-state index contributed by atoms with van der Waals surface area (Å²) >= 11 is 5.72. The molecule has 0 saturated heterocycles. The van der Waals surface area contributed by atoms with Crippen LogP contribution in [0.15, 0.2) is 23.1 Å². The molecule has 0 fully saturated rings. The number of aromatic nitrogens is 4. The van der Waals surface area contributed by atoms with Crippen molar-refractivity contribution in [2.24, 2.45) is 5.92 Å². The number of hydrogen-bond acceptors (Lipinski definition) is 4. The van der Waals surface area contributed by atoms with Crippen molar-refractivity contribution >= 4 is 17.6 Å². The molecule has 1 aliphatic rings. The largest absolute Gasteiger partial charge is 0.480 e. The number of pyridine rings is 1. The molecule has 0 aromatic carbocycles. The number of carboxylic acids is 1. The minimum atomic E-state index is -4.56. The third-order valence-corrected chi connectivity index (χ3v) is 4.26. The first-order chi connectivity index (χ1) is 11.7. The highest BCUT2D eigenvalue weighted by Gasteiger charge is 2.47. The van der Waals surface area contributed by atoms with Gasteiger partial charge in [0.15, 0.2) is 0 Å². The van der Waals surface area contributed by atoms with Crippen LogP contribution in [0.25, 0.3) is 0 Å². The van der Waals surface area contributed by atoms with Gasteiger partial charge in [-0.25, -0.2) is 14.3 Å². The van der Waals surface area contributed by atoms with Crippen LogP contribution < -0.4 is 5.69 Å². The van der Waals surface area contributed by atoms with E-state index >= 15 is 0 Å². The molecule has 0 radical (unpaired) electrons. The van der Waals surface area contributed by atoms with E-state index in [1.165, 1.54) is 6.20 Å². The molecule has 0 saturated carbocycles. The van der Waals surface area contributed by atoms with Crippen molar-refractivity contribution in [3.05, 3.63) is 45.4 Å². The maximum absolute atomic E-state index is 13.0. The van der Waals surface area contributed by atoms with Gasteiger partial charge < -0.3 is 5.11 Å². The van der Waals surface area contributed by atoms with E-state index in [0.29, 0.717) is 10.7 Å². The summed E-state index contributed by atoms with van der Waals surface area (Å²) in [5.74, 6) is -3.55. The van der Waals surface area contributed by atoms with Gasteiger partial charge in [0.1, 0.15) is 11.9 Å². The second kappa shape index (κ2) is 6.17. The molecule has 25 heavy (non-hydrogen) atoms. The van der Waals surface area contributed by atoms with E-state index in [1.54, 1.807) is 12.1 Å². The average molecular weight is 377 g/mol. The molecule has 0 aliphatic carbocycles. The van der Waals surface area contributed by atoms with Gasteiger partial charge in [-0.05, 0) is 18.6 Å². The molecule has 2 aromatic rings. The van der Waals surface area contributed by atoms with Crippen LogP contribution in [-0.2, 0) is 17.8 Å². The quantitative estimate of drug-likeness (QED) is 0.883. The van der Waals surface area contributed by atoms with Gasteiger partial charge in [0, 0.05) is 12.6 Å². The Morgan fingerprint density at radius 2 is 2.12 bits per heavy atom. The lowest BCUT2D eigenvalue weighted by atomic mass is 9.92. The van der Waals surface area contributed by atoms with Crippen LogP contribution >= 0.6 is 11.6 Å². The standard InChI is InChI=1S/C14H12ClF3N4O3/c15-8-1-2-9(19-5-8)6-21-13(25)22-10(12(23)24)3-7(14(16,17)18)4-11(22)20-21/h1-2,5,7,10H,3-4,6H2,(H,23,24). The fourth-order valence-electron chi connectivity index (χ4n) is 2.81. The Morgan fingerprint density at radius 1 is 1.40 bits per heavy atom. The summed E-state index contributed by atoms with van der Waals surface area (Å²) in [6.45, 7) is -0.0982. The van der Waals surface area contributed by atoms with E-state index in [4.69, 9.17) is 11.6 Å². The number of carbonyl (C=O) groups is 1. The van der Waals surface area contributed by atoms with E-state index < -0.39 is 42.6 Å². The number of nitrogens with zero attached hydrogens (tertiary/aromatic N) is 4. The van der Waals surface area contributed by atoms with Crippen molar-refractivity contribution in [2.45, 2.75) is 31.6 Å². The average Bonchev–Trinajstić information content (AvgIpc) is 2.84. The first-order valence-corrected chi connectivity index (χ1v) is 7.62. The Hall–Kier alpha value is -2.36. The lowest BCUT2D eigenvalue weighted by Crippen LogP contribution is -2.40. The number of hydrogen-bond donors (Lipinski definition) is 1. The van der Waals surface area contributed by atoms with E-state index in [0.717, 1.165) is 9.25 Å². The van der Waals surface area contributed by atoms with Crippen molar-refractivity contribution in [1.82, 2.24) is 19.3 Å². The van der Waals surface area contributed by atoms with Gasteiger partial charge in [-0.3, -0.25) is 9.55 Å². The smallest absolute Gasteiger partial charge is 0.392 e. The summed E-state index contributed by atoms with van der Waals surface area (Å²) in [5.41, 5.74) is -0.360. The highest BCUT2D eigenvalue weighted by atomic mass is 35.5. The molecular formula is C14H12ClF3N4O3. The number of carboxylic acid groups (broad SMARTS) is 1. The molecule has 1 aliphatic heterocycles. The van der Waals surface area contributed by atoms with Gasteiger partial charge in [0.05, 0.1) is 23.2 Å². The van der Waals surface area contributed by atoms with Gasteiger partial charge in [0.25, 0.3) is 0 Å². The van der Waals surface area contributed by atoms with Gasteiger partial charge in [-0.2, -0.15) is 18.3 Å². The Bertz CT molecular complexity index is 860. The van der Waals surface area contributed by atoms with E-state index in [1.807, 2.05) is 0 Å². The fraction of sp³-hybridized carbons (Fsp3) is 0.429. The predicted octanol–water partition coefficient (Wildman–Crippen LogP) is 1.89. The second-order valence-electron chi connectivity index (χ2n) is 5.73. The van der Waals surface area contributed by atoms with Crippen LogP contribution in [0.3, 0.4) is 0 Å². The van der Waals surface area contributed by atoms with E-state index in [2.05, 4.69) is 10.1 Å².